The number of halogens is 3. The van der Waals surface area contributed by atoms with E-state index in [9.17, 15) is 0 Å². The van der Waals surface area contributed by atoms with Crippen LogP contribution in [0.4, 0.5) is 0 Å². The Morgan fingerprint density at radius 1 is 1.08 bits per heavy atom. The zero-order chi connectivity index (χ0) is 9.42. The molecule has 4 heteroatoms. The van der Waals surface area contributed by atoms with Gasteiger partial charge in [-0.25, -0.2) is 0 Å². The van der Waals surface area contributed by atoms with Crippen molar-refractivity contribution in [1.82, 2.24) is 4.98 Å². The summed E-state index contributed by atoms with van der Waals surface area (Å²) in [6.07, 6.45) is 1.60. The molecule has 0 fully saturated rings. The molecule has 13 heavy (non-hydrogen) atoms. The molecule has 0 spiro atoms. The number of aromatic nitrogens is 1. The second-order valence-corrected chi connectivity index (χ2v) is 4.34. The van der Waals surface area contributed by atoms with E-state index >= 15 is 0 Å². The third-order valence-electron chi connectivity index (χ3n) is 1.68. The van der Waals surface area contributed by atoms with Gasteiger partial charge in [-0.1, -0.05) is 39.1 Å². The summed E-state index contributed by atoms with van der Waals surface area (Å²) >= 11 is 15.1. The fourth-order valence-corrected chi connectivity index (χ4v) is 2.19. The van der Waals surface area contributed by atoms with Crippen LogP contribution in [-0.4, -0.2) is 4.98 Å². The molecule has 0 N–H and O–H groups in total. The molecule has 1 aromatic carbocycles. The molecule has 0 aliphatic rings. The first-order chi connectivity index (χ1) is 6.16. The van der Waals surface area contributed by atoms with Crippen molar-refractivity contribution in [3.05, 3.63) is 38.9 Å². The van der Waals surface area contributed by atoms with Crippen LogP contribution in [0, 0.1) is 0 Å². The Hall–Kier alpha value is -0.310. The molecule has 1 heterocycles. The molecule has 0 amide bonds. The smallest absolute Gasteiger partial charge is 0.0729 e. The summed E-state index contributed by atoms with van der Waals surface area (Å²) in [5.74, 6) is 0. The molecule has 1 aromatic heterocycles. The number of rotatable bonds is 0. The van der Waals surface area contributed by atoms with E-state index in [2.05, 4.69) is 20.9 Å². The second kappa shape index (κ2) is 3.45. The highest BCUT2D eigenvalue weighted by molar-refractivity contribution is 9.10. The summed E-state index contributed by atoms with van der Waals surface area (Å²) in [5.41, 5.74) is 0.837. The van der Waals surface area contributed by atoms with Gasteiger partial charge in [-0.15, -0.1) is 0 Å². The van der Waals surface area contributed by atoms with Crippen molar-refractivity contribution in [2.75, 3.05) is 0 Å². The maximum atomic E-state index is 5.86. The van der Waals surface area contributed by atoms with Crippen LogP contribution in [0.15, 0.2) is 28.9 Å². The maximum absolute atomic E-state index is 5.86. The van der Waals surface area contributed by atoms with Crippen LogP contribution in [-0.2, 0) is 0 Å². The van der Waals surface area contributed by atoms with E-state index in [-0.39, 0.29) is 0 Å². The fraction of sp³-hybridized carbons (Fsp3) is 0. The van der Waals surface area contributed by atoms with Gasteiger partial charge in [0.15, 0.2) is 0 Å². The van der Waals surface area contributed by atoms with Crippen molar-refractivity contribution in [1.29, 1.82) is 0 Å². The molecular weight excluding hydrogens is 273 g/mol. The number of hydrogen-bond acceptors (Lipinski definition) is 1. The van der Waals surface area contributed by atoms with Gasteiger partial charge in [0, 0.05) is 21.1 Å². The Labute approximate surface area is 93.8 Å². The number of nitrogens with zero attached hydrogens (tertiary/aromatic N) is 1. The maximum Gasteiger partial charge on any atom is 0.0729 e. The summed E-state index contributed by atoms with van der Waals surface area (Å²) in [6.45, 7) is 0. The molecular formula is C9H4BrCl2N. The van der Waals surface area contributed by atoms with Crippen molar-refractivity contribution in [3.63, 3.8) is 0 Å². The molecule has 1 nitrogen and oxygen atoms in total. The molecule has 0 saturated heterocycles. The summed E-state index contributed by atoms with van der Waals surface area (Å²) in [4.78, 5) is 4.16. The first kappa shape index (κ1) is 9.25. The average Bonchev–Trinajstić information content (AvgIpc) is 2.06. The standard InChI is InChI=1S/C9H4BrCl2N/c10-8-2-5(11)3-9-7(8)1-6(12)4-13-9/h1-4H. The van der Waals surface area contributed by atoms with Gasteiger partial charge in [0.05, 0.1) is 10.5 Å². The van der Waals surface area contributed by atoms with Crippen LogP contribution in [0.1, 0.15) is 0 Å². The Bertz CT molecular complexity index is 470. The summed E-state index contributed by atoms with van der Waals surface area (Å²) in [6, 6.07) is 5.48. The third-order valence-corrected chi connectivity index (χ3v) is 2.76. The van der Waals surface area contributed by atoms with E-state index in [0.717, 1.165) is 15.4 Å². The molecule has 0 unspecified atom stereocenters. The number of hydrogen-bond donors (Lipinski definition) is 0. The minimum atomic E-state index is 0.621. The predicted molar refractivity (Wildman–Crippen MR) is 59.5 cm³/mol. The first-order valence-corrected chi connectivity index (χ1v) is 5.12. The van der Waals surface area contributed by atoms with Gasteiger partial charge in [0.2, 0.25) is 0 Å². The first-order valence-electron chi connectivity index (χ1n) is 3.57. The van der Waals surface area contributed by atoms with Crippen LogP contribution in [0.5, 0.6) is 0 Å². The van der Waals surface area contributed by atoms with Crippen molar-refractivity contribution in [3.8, 4) is 0 Å². The van der Waals surface area contributed by atoms with Gasteiger partial charge < -0.3 is 0 Å². The molecule has 0 saturated carbocycles. The van der Waals surface area contributed by atoms with Crippen LogP contribution < -0.4 is 0 Å². The SMILES string of the molecule is Clc1cc(Br)c2cc(Cl)cnc2c1. The zero-order valence-corrected chi connectivity index (χ0v) is 9.49. The lowest BCUT2D eigenvalue weighted by Crippen LogP contribution is -1.80. The van der Waals surface area contributed by atoms with Crippen molar-refractivity contribution >= 4 is 50.0 Å². The second-order valence-electron chi connectivity index (χ2n) is 2.61. The number of benzene rings is 1. The van der Waals surface area contributed by atoms with Gasteiger partial charge >= 0.3 is 0 Å². The lowest BCUT2D eigenvalue weighted by molar-refractivity contribution is 1.41. The van der Waals surface area contributed by atoms with Gasteiger partial charge in [-0.05, 0) is 18.2 Å². The molecule has 0 radical (unpaired) electrons. The summed E-state index contributed by atoms with van der Waals surface area (Å²) in [7, 11) is 0. The van der Waals surface area contributed by atoms with Crippen LogP contribution in [0.2, 0.25) is 10.0 Å². The van der Waals surface area contributed by atoms with E-state index in [1.807, 2.05) is 12.1 Å². The van der Waals surface area contributed by atoms with E-state index in [1.165, 1.54) is 0 Å². The van der Waals surface area contributed by atoms with E-state index in [1.54, 1.807) is 12.3 Å². The monoisotopic (exact) mass is 275 g/mol. The summed E-state index contributed by atoms with van der Waals surface area (Å²) in [5, 5.41) is 2.25. The van der Waals surface area contributed by atoms with Crippen molar-refractivity contribution < 1.29 is 0 Å². The fourth-order valence-electron chi connectivity index (χ4n) is 1.13. The van der Waals surface area contributed by atoms with E-state index < -0.39 is 0 Å². The molecule has 2 aromatic rings. The van der Waals surface area contributed by atoms with Gasteiger partial charge in [0.1, 0.15) is 0 Å². The van der Waals surface area contributed by atoms with Gasteiger partial charge in [-0.2, -0.15) is 0 Å². The van der Waals surface area contributed by atoms with Gasteiger partial charge in [0.25, 0.3) is 0 Å². The predicted octanol–water partition coefficient (Wildman–Crippen LogP) is 4.30. The highest BCUT2D eigenvalue weighted by Gasteiger charge is 2.02. The quantitative estimate of drug-likeness (QED) is 0.699. The normalized spacial score (nSPS) is 10.7. The highest BCUT2D eigenvalue weighted by Crippen LogP contribution is 2.28. The lowest BCUT2D eigenvalue weighted by atomic mass is 10.2. The molecule has 0 atom stereocenters. The molecule has 0 aliphatic carbocycles. The molecule has 0 bridgehead atoms. The van der Waals surface area contributed by atoms with E-state index in [0.29, 0.717) is 10.0 Å². The zero-order valence-electron chi connectivity index (χ0n) is 6.39. The summed E-state index contributed by atoms with van der Waals surface area (Å²) < 4.78 is 0.907. The highest BCUT2D eigenvalue weighted by atomic mass is 79.9. The Morgan fingerprint density at radius 3 is 2.62 bits per heavy atom. The van der Waals surface area contributed by atoms with Gasteiger partial charge in [-0.3, -0.25) is 4.98 Å². The number of fused-ring (bicyclic) bond motifs is 1. The average molecular weight is 277 g/mol. The van der Waals surface area contributed by atoms with Crippen LogP contribution in [0.3, 0.4) is 0 Å². The van der Waals surface area contributed by atoms with Crippen molar-refractivity contribution in [2.24, 2.45) is 0 Å². The Balaban J connectivity index is 2.87. The van der Waals surface area contributed by atoms with Crippen molar-refractivity contribution in [2.45, 2.75) is 0 Å². The van der Waals surface area contributed by atoms with Crippen LogP contribution in [0.25, 0.3) is 10.9 Å². The van der Waals surface area contributed by atoms with E-state index in [4.69, 9.17) is 23.2 Å². The Morgan fingerprint density at radius 2 is 1.85 bits per heavy atom. The molecule has 0 aliphatic heterocycles. The minimum absolute atomic E-state index is 0.621. The largest absolute Gasteiger partial charge is 0.255 e. The molecule has 66 valence electrons. The number of pyridine rings is 1. The lowest BCUT2D eigenvalue weighted by Gasteiger charge is -2.01. The topological polar surface area (TPSA) is 12.9 Å². The molecule has 2 rings (SSSR count). The third kappa shape index (κ3) is 1.80. The minimum Gasteiger partial charge on any atom is -0.255 e. The van der Waals surface area contributed by atoms with Crippen LogP contribution >= 0.6 is 39.1 Å². The Kier molecular flexibility index (Phi) is 2.45.